The van der Waals surface area contributed by atoms with E-state index in [0.717, 1.165) is 11.6 Å². The first-order valence-corrected chi connectivity index (χ1v) is 6.30. The number of amides is 1. The van der Waals surface area contributed by atoms with Gasteiger partial charge in [0.1, 0.15) is 5.82 Å². The molecule has 3 nitrogen and oxygen atoms in total. The van der Waals surface area contributed by atoms with Gasteiger partial charge in [0.05, 0.1) is 5.71 Å². The van der Waals surface area contributed by atoms with Gasteiger partial charge in [-0.05, 0) is 42.8 Å². The summed E-state index contributed by atoms with van der Waals surface area (Å²) in [6.45, 7) is 1.76. The van der Waals surface area contributed by atoms with E-state index in [9.17, 15) is 9.18 Å². The molecule has 5 heteroatoms. The minimum atomic E-state index is -0.462. The predicted octanol–water partition coefficient (Wildman–Crippen LogP) is 3.63. The first-order chi connectivity index (χ1) is 9.56. The first kappa shape index (κ1) is 14.2. The highest BCUT2D eigenvalue weighted by atomic mass is 35.5. The van der Waals surface area contributed by atoms with Gasteiger partial charge in [-0.2, -0.15) is 5.10 Å². The third-order valence-corrected chi connectivity index (χ3v) is 2.93. The molecule has 2 aromatic rings. The Hall–Kier alpha value is -2.20. The van der Waals surface area contributed by atoms with Crippen LogP contribution in [-0.2, 0) is 0 Å². The summed E-state index contributed by atoms with van der Waals surface area (Å²) >= 11 is 5.79. The molecule has 0 bridgehead atoms. The zero-order chi connectivity index (χ0) is 14.5. The number of hydrazone groups is 1. The molecule has 1 N–H and O–H groups in total. The van der Waals surface area contributed by atoms with Crippen molar-refractivity contribution in [2.45, 2.75) is 6.92 Å². The maximum atomic E-state index is 13.0. The highest BCUT2D eigenvalue weighted by molar-refractivity contribution is 6.30. The SMILES string of the molecule is CC(=NNC(=O)c1cccc(F)c1)c1ccc(Cl)cc1. The molecule has 0 heterocycles. The van der Waals surface area contributed by atoms with E-state index in [1.807, 2.05) is 0 Å². The van der Waals surface area contributed by atoms with Gasteiger partial charge in [0.2, 0.25) is 0 Å². The summed E-state index contributed by atoms with van der Waals surface area (Å²) in [6.07, 6.45) is 0. The van der Waals surface area contributed by atoms with Crippen LogP contribution in [0.2, 0.25) is 5.02 Å². The number of nitrogens with zero attached hydrogens (tertiary/aromatic N) is 1. The fourth-order valence-electron chi connectivity index (χ4n) is 1.58. The number of hydrogen-bond acceptors (Lipinski definition) is 2. The van der Waals surface area contributed by atoms with Gasteiger partial charge in [-0.15, -0.1) is 0 Å². The van der Waals surface area contributed by atoms with E-state index in [1.54, 1.807) is 31.2 Å². The van der Waals surface area contributed by atoms with E-state index in [2.05, 4.69) is 10.5 Å². The van der Waals surface area contributed by atoms with Crippen molar-refractivity contribution in [1.82, 2.24) is 5.43 Å². The van der Waals surface area contributed by atoms with Crippen LogP contribution in [0.4, 0.5) is 4.39 Å². The van der Waals surface area contributed by atoms with Crippen molar-refractivity contribution in [3.63, 3.8) is 0 Å². The largest absolute Gasteiger partial charge is 0.271 e. The summed E-state index contributed by atoms with van der Waals surface area (Å²) in [6, 6.07) is 12.5. The lowest BCUT2D eigenvalue weighted by Gasteiger charge is -2.03. The van der Waals surface area contributed by atoms with Crippen molar-refractivity contribution >= 4 is 23.2 Å². The van der Waals surface area contributed by atoms with Crippen molar-refractivity contribution in [2.75, 3.05) is 0 Å². The van der Waals surface area contributed by atoms with Crippen LogP contribution in [0.1, 0.15) is 22.8 Å². The Morgan fingerprint density at radius 3 is 2.50 bits per heavy atom. The molecule has 0 unspecified atom stereocenters. The van der Waals surface area contributed by atoms with Crippen LogP contribution in [0, 0.1) is 5.82 Å². The topological polar surface area (TPSA) is 41.5 Å². The van der Waals surface area contributed by atoms with Crippen LogP contribution < -0.4 is 5.43 Å². The Labute approximate surface area is 121 Å². The lowest BCUT2D eigenvalue weighted by atomic mass is 10.1. The molecule has 102 valence electrons. The molecular weight excluding hydrogens is 279 g/mol. The minimum Gasteiger partial charge on any atom is -0.267 e. The van der Waals surface area contributed by atoms with E-state index in [4.69, 9.17) is 11.6 Å². The van der Waals surface area contributed by atoms with Crippen molar-refractivity contribution in [3.8, 4) is 0 Å². The fraction of sp³-hybridized carbons (Fsp3) is 0.0667. The van der Waals surface area contributed by atoms with E-state index < -0.39 is 11.7 Å². The predicted molar refractivity (Wildman–Crippen MR) is 77.5 cm³/mol. The van der Waals surface area contributed by atoms with Crippen LogP contribution in [0.25, 0.3) is 0 Å². The molecule has 0 atom stereocenters. The van der Waals surface area contributed by atoms with Crippen molar-refractivity contribution in [3.05, 3.63) is 70.5 Å². The number of rotatable bonds is 3. The van der Waals surface area contributed by atoms with Gasteiger partial charge in [-0.25, -0.2) is 9.82 Å². The second-order valence-corrected chi connectivity index (χ2v) is 4.59. The van der Waals surface area contributed by atoms with E-state index >= 15 is 0 Å². The molecule has 0 aliphatic rings. The van der Waals surface area contributed by atoms with Gasteiger partial charge in [0, 0.05) is 10.6 Å². The van der Waals surface area contributed by atoms with Crippen molar-refractivity contribution < 1.29 is 9.18 Å². The zero-order valence-electron chi connectivity index (χ0n) is 10.7. The molecule has 1 amide bonds. The number of carbonyl (C=O) groups is 1. The number of nitrogens with one attached hydrogen (secondary N) is 1. The van der Waals surface area contributed by atoms with Gasteiger partial charge < -0.3 is 0 Å². The molecule has 0 spiro atoms. The quantitative estimate of drug-likeness (QED) is 0.680. The maximum absolute atomic E-state index is 13.0. The summed E-state index contributed by atoms with van der Waals surface area (Å²) in [5.41, 5.74) is 4.08. The van der Waals surface area contributed by atoms with Crippen molar-refractivity contribution in [2.24, 2.45) is 5.10 Å². The number of carbonyl (C=O) groups excluding carboxylic acids is 1. The molecule has 0 radical (unpaired) electrons. The molecule has 0 aliphatic heterocycles. The van der Waals surface area contributed by atoms with E-state index in [0.29, 0.717) is 10.7 Å². The third kappa shape index (κ3) is 3.65. The molecular formula is C15H12ClFN2O. The van der Waals surface area contributed by atoms with Crippen molar-refractivity contribution in [1.29, 1.82) is 0 Å². The molecule has 0 aliphatic carbocycles. The standard InChI is InChI=1S/C15H12ClFN2O/c1-10(11-5-7-13(16)8-6-11)18-19-15(20)12-3-2-4-14(17)9-12/h2-9H,1H3,(H,19,20). The Balaban J connectivity index is 2.08. The number of benzene rings is 2. The molecule has 0 fully saturated rings. The number of hydrogen-bond donors (Lipinski definition) is 1. The van der Waals surface area contributed by atoms with E-state index in [1.165, 1.54) is 18.2 Å². The summed E-state index contributed by atoms with van der Waals surface area (Å²) in [7, 11) is 0. The lowest BCUT2D eigenvalue weighted by molar-refractivity contribution is 0.0954. The van der Waals surface area contributed by atoms with Crippen LogP contribution in [0.5, 0.6) is 0 Å². The highest BCUT2D eigenvalue weighted by Gasteiger charge is 2.05. The van der Waals surface area contributed by atoms with Crippen LogP contribution in [0.3, 0.4) is 0 Å². The molecule has 20 heavy (non-hydrogen) atoms. The van der Waals surface area contributed by atoms with Gasteiger partial charge in [-0.3, -0.25) is 4.79 Å². The lowest BCUT2D eigenvalue weighted by Crippen LogP contribution is -2.19. The normalized spacial score (nSPS) is 11.2. The smallest absolute Gasteiger partial charge is 0.267 e. The van der Waals surface area contributed by atoms with Gasteiger partial charge in [-0.1, -0.05) is 29.8 Å². The zero-order valence-corrected chi connectivity index (χ0v) is 11.5. The fourth-order valence-corrected chi connectivity index (χ4v) is 1.71. The third-order valence-electron chi connectivity index (χ3n) is 2.67. The summed E-state index contributed by atoms with van der Waals surface area (Å²) in [5.74, 6) is -0.922. The molecule has 0 saturated carbocycles. The monoisotopic (exact) mass is 290 g/mol. The molecule has 0 saturated heterocycles. The Morgan fingerprint density at radius 2 is 1.85 bits per heavy atom. The average molecular weight is 291 g/mol. The highest BCUT2D eigenvalue weighted by Crippen LogP contribution is 2.10. The first-order valence-electron chi connectivity index (χ1n) is 5.92. The molecule has 0 aromatic heterocycles. The van der Waals surface area contributed by atoms with Gasteiger partial charge in [0.15, 0.2) is 0 Å². The maximum Gasteiger partial charge on any atom is 0.271 e. The second kappa shape index (κ2) is 6.30. The van der Waals surface area contributed by atoms with Crippen LogP contribution in [-0.4, -0.2) is 11.6 Å². The van der Waals surface area contributed by atoms with E-state index in [-0.39, 0.29) is 5.56 Å². The average Bonchev–Trinajstić information content (AvgIpc) is 2.45. The summed E-state index contributed by atoms with van der Waals surface area (Å²) < 4.78 is 13.0. The van der Waals surface area contributed by atoms with Crippen LogP contribution in [0.15, 0.2) is 53.6 Å². The Morgan fingerprint density at radius 1 is 1.15 bits per heavy atom. The molecule has 2 rings (SSSR count). The Kier molecular flexibility index (Phi) is 4.48. The van der Waals surface area contributed by atoms with Gasteiger partial charge >= 0.3 is 0 Å². The minimum absolute atomic E-state index is 0.220. The molecule has 2 aromatic carbocycles. The second-order valence-electron chi connectivity index (χ2n) is 4.16. The van der Waals surface area contributed by atoms with Crippen LogP contribution >= 0.6 is 11.6 Å². The summed E-state index contributed by atoms with van der Waals surface area (Å²) in [4.78, 5) is 11.8. The number of halogens is 2. The Bertz CT molecular complexity index is 653. The summed E-state index contributed by atoms with van der Waals surface area (Å²) in [5, 5.41) is 4.61. The van der Waals surface area contributed by atoms with Gasteiger partial charge in [0.25, 0.3) is 5.91 Å².